The van der Waals surface area contributed by atoms with Crippen LogP contribution in [0.15, 0.2) is 42.5 Å². The molecule has 3 rings (SSSR count). The van der Waals surface area contributed by atoms with Gasteiger partial charge in [0.25, 0.3) is 0 Å². The predicted octanol–water partition coefficient (Wildman–Crippen LogP) is -4.27. The van der Waals surface area contributed by atoms with Crippen LogP contribution in [0.5, 0.6) is 11.5 Å². The van der Waals surface area contributed by atoms with Crippen molar-refractivity contribution in [3.05, 3.63) is 42.5 Å². The SMILES string of the molecule is Nc1cccc2c([O-])c3ccccc3c([O-])c12.[Na+].[Na+]. The van der Waals surface area contributed by atoms with Crippen molar-refractivity contribution in [2.75, 3.05) is 5.73 Å². The van der Waals surface area contributed by atoms with Gasteiger partial charge in [-0.25, -0.2) is 0 Å². The summed E-state index contributed by atoms with van der Waals surface area (Å²) < 4.78 is 0. The van der Waals surface area contributed by atoms with Crippen molar-refractivity contribution in [2.45, 2.75) is 0 Å². The van der Waals surface area contributed by atoms with E-state index in [1.807, 2.05) is 0 Å². The second kappa shape index (κ2) is 6.35. The van der Waals surface area contributed by atoms with Gasteiger partial charge in [-0.1, -0.05) is 47.9 Å². The molecule has 0 saturated carbocycles. The molecule has 84 valence electrons. The van der Waals surface area contributed by atoms with Gasteiger partial charge in [-0.3, -0.25) is 0 Å². The van der Waals surface area contributed by atoms with Crippen molar-refractivity contribution in [3.8, 4) is 11.5 Å². The second-order valence-electron chi connectivity index (χ2n) is 3.97. The van der Waals surface area contributed by atoms with Crippen molar-refractivity contribution in [1.29, 1.82) is 0 Å². The summed E-state index contributed by atoms with van der Waals surface area (Å²) in [5, 5.41) is 26.1. The van der Waals surface area contributed by atoms with Crippen LogP contribution in [-0.4, -0.2) is 0 Å². The van der Waals surface area contributed by atoms with Crippen LogP contribution in [0.1, 0.15) is 0 Å². The second-order valence-corrected chi connectivity index (χ2v) is 3.97. The van der Waals surface area contributed by atoms with Gasteiger partial charge in [0.1, 0.15) is 0 Å². The third-order valence-electron chi connectivity index (χ3n) is 2.98. The third-order valence-corrected chi connectivity index (χ3v) is 2.98. The Kier molecular flexibility index (Phi) is 5.56. The molecule has 0 atom stereocenters. The zero-order valence-corrected chi connectivity index (χ0v) is 14.9. The van der Waals surface area contributed by atoms with E-state index in [1.165, 1.54) is 0 Å². The summed E-state index contributed by atoms with van der Waals surface area (Å²) in [4.78, 5) is 0. The van der Waals surface area contributed by atoms with Crippen LogP contribution in [-0.2, 0) is 0 Å². The molecular formula is C14H9NNa2O2. The predicted molar refractivity (Wildman–Crippen MR) is 64.8 cm³/mol. The normalized spacial score (nSPS) is 9.89. The fourth-order valence-electron chi connectivity index (χ4n) is 2.17. The molecular weight excluding hydrogens is 260 g/mol. The number of fused-ring (bicyclic) bond motifs is 2. The van der Waals surface area contributed by atoms with Gasteiger partial charge in [-0.15, -0.1) is 0 Å². The van der Waals surface area contributed by atoms with Crippen LogP contribution in [0.2, 0.25) is 0 Å². The van der Waals surface area contributed by atoms with Gasteiger partial charge >= 0.3 is 59.1 Å². The Morgan fingerprint density at radius 3 is 1.84 bits per heavy atom. The first-order chi connectivity index (χ1) is 8.20. The zero-order valence-electron chi connectivity index (χ0n) is 10.9. The van der Waals surface area contributed by atoms with Crippen LogP contribution in [0.4, 0.5) is 5.69 Å². The molecule has 0 aliphatic rings. The van der Waals surface area contributed by atoms with E-state index in [1.54, 1.807) is 42.5 Å². The maximum atomic E-state index is 12.2. The smallest absolute Gasteiger partial charge is 0.872 e. The van der Waals surface area contributed by atoms with Crippen molar-refractivity contribution >= 4 is 27.2 Å². The fourth-order valence-corrected chi connectivity index (χ4v) is 2.17. The van der Waals surface area contributed by atoms with Gasteiger partial charge in [0, 0.05) is 5.69 Å². The molecule has 0 heterocycles. The first kappa shape index (κ1) is 16.6. The number of hydrogen-bond donors (Lipinski definition) is 1. The maximum absolute atomic E-state index is 12.2. The molecule has 0 aliphatic carbocycles. The largest absolute Gasteiger partial charge is 1.00 e. The monoisotopic (exact) mass is 269 g/mol. The molecule has 0 aromatic heterocycles. The van der Waals surface area contributed by atoms with E-state index in [4.69, 9.17) is 5.73 Å². The molecule has 0 unspecified atom stereocenters. The number of nitrogen functional groups attached to an aromatic ring is 1. The summed E-state index contributed by atoms with van der Waals surface area (Å²) in [6.45, 7) is 0. The minimum Gasteiger partial charge on any atom is -0.872 e. The van der Waals surface area contributed by atoms with Crippen LogP contribution in [0, 0.1) is 0 Å². The van der Waals surface area contributed by atoms with Crippen molar-refractivity contribution in [1.82, 2.24) is 0 Å². The number of benzene rings is 3. The Balaban J connectivity index is 0.000000902. The molecule has 0 bridgehead atoms. The minimum absolute atomic E-state index is 0. The molecule has 0 spiro atoms. The van der Waals surface area contributed by atoms with E-state index in [0.717, 1.165) is 0 Å². The topological polar surface area (TPSA) is 72.1 Å². The Bertz CT molecular complexity index is 744. The number of anilines is 1. The number of nitrogens with two attached hydrogens (primary N) is 1. The standard InChI is InChI=1S/C14H11NO2.2Na/c15-11-7-3-6-10-12(11)14(17)9-5-2-1-4-8(9)13(10)16;;/h1-7,16-17H,15H2;;/q;2*+1/p-2. The Morgan fingerprint density at radius 2 is 1.21 bits per heavy atom. The van der Waals surface area contributed by atoms with E-state index in [-0.39, 0.29) is 70.6 Å². The molecule has 2 N–H and O–H groups in total. The van der Waals surface area contributed by atoms with Crippen LogP contribution in [0.3, 0.4) is 0 Å². The maximum Gasteiger partial charge on any atom is 1.00 e. The summed E-state index contributed by atoms with van der Waals surface area (Å²) in [5.41, 5.74) is 6.13. The van der Waals surface area contributed by atoms with E-state index in [2.05, 4.69) is 0 Å². The van der Waals surface area contributed by atoms with E-state index < -0.39 is 0 Å². The summed E-state index contributed by atoms with van der Waals surface area (Å²) in [6.07, 6.45) is 0. The third kappa shape index (κ3) is 2.59. The summed E-state index contributed by atoms with van der Waals surface area (Å²) in [7, 11) is 0. The Morgan fingerprint density at radius 1 is 0.684 bits per heavy atom. The van der Waals surface area contributed by atoms with E-state index in [0.29, 0.717) is 27.2 Å². The van der Waals surface area contributed by atoms with Crippen LogP contribution >= 0.6 is 0 Å². The molecule has 19 heavy (non-hydrogen) atoms. The first-order valence-electron chi connectivity index (χ1n) is 5.27. The zero-order chi connectivity index (χ0) is 12.0. The molecule has 3 aromatic rings. The molecule has 0 fully saturated rings. The fraction of sp³-hybridized carbons (Fsp3) is 0. The van der Waals surface area contributed by atoms with Crippen LogP contribution in [0.25, 0.3) is 21.5 Å². The number of hydrogen-bond acceptors (Lipinski definition) is 3. The summed E-state index contributed by atoms with van der Waals surface area (Å²) in [5.74, 6) is -0.309. The summed E-state index contributed by atoms with van der Waals surface area (Å²) >= 11 is 0. The molecule has 3 nitrogen and oxygen atoms in total. The minimum atomic E-state index is -0.173. The Hall–Kier alpha value is -0.420. The van der Waals surface area contributed by atoms with Crippen LogP contribution < -0.4 is 75.1 Å². The molecule has 0 saturated heterocycles. The molecule has 3 aromatic carbocycles. The molecule has 0 radical (unpaired) electrons. The average Bonchev–Trinajstić information content (AvgIpc) is 2.36. The van der Waals surface area contributed by atoms with Gasteiger partial charge in [0.15, 0.2) is 0 Å². The van der Waals surface area contributed by atoms with Gasteiger partial charge in [-0.2, -0.15) is 0 Å². The van der Waals surface area contributed by atoms with E-state index >= 15 is 0 Å². The van der Waals surface area contributed by atoms with Gasteiger partial charge < -0.3 is 15.9 Å². The molecule has 5 heteroatoms. The quantitative estimate of drug-likeness (QED) is 0.255. The number of rotatable bonds is 0. The molecule has 0 amide bonds. The first-order valence-corrected chi connectivity index (χ1v) is 5.27. The van der Waals surface area contributed by atoms with Crippen molar-refractivity contribution in [3.63, 3.8) is 0 Å². The van der Waals surface area contributed by atoms with E-state index in [9.17, 15) is 10.2 Å². The van der Waals surface area contributed by atoms with Gasteiger partial charge in [0.05, 0.1) is 0 Å². The Labute approximate surface area is 155 Å². The van der Waals surface area contributed by atoms with Gasteiger partial charge in [-0.05, 0) is 27.6 Å². The van der Waals surface area contributed by atoms with Crippen molar-refractivity contribution in [2.24, 2.45) is 0 Å². The van der Waals surface area contributed by atoms with Crippen molar-refractivity contribution < 1.29 is 69.3 Å². The molecule has 0 aliphatic heterocycles. The average molecular weight is 269 g/mol. The van der Waals surface area contributed by atoms with Gasteiger partial charge in [0.2, 0.25) is 0 Å². The summed E-state index contributed by atoms with van der Waals surface area (Å²) in [6, 6.07) is 11.8.